The minimum atomic E-state index is -0.778. The first-order valence-corrected chi connectivity index (χ1v) is 7.62. The van der Waals surface area contributed by atoms with Crippen molar-refractivity contribution in [3.8, 4) is 0 Å². The molecule has 0 amide bonds. The number of aromatic nitrogens is 2. The van der Waals surface area contributed by atoms with Crippen molar-refractivity contribution < 1.29 is 9.90 Å². The van der Waals surface area contributed by atoms with Gasteiger partial charge in [0, 0.05) is 25.5 Å². The summed E-state index contributed by atoms with van der Waals surface area (Å²) in [6.07, 6.45) is 8.35. The van der Waals surface area contributed by atoms with Crippen LogP contribution in [0.3, 0.4) is 0 Å². The van der Waals surface area contributed by atoms with E-state index in [1.54, 1.807) is 17.0 Å². The molecule has 0 atom stereocenters. The number of hydrogen-bond donors (Lipinski definition) is 2. The normalized spacial score (nSPS) is 17.4. The van der Waals surface area contributed by atoms with Crippen LogP contribution >= 0.6 is 0 Å². The van der Waals surface area contributed by atoms with Crippen LogP contribution < -0.4 is 10.9 Å². The number of aliphatic carboxylic acids is 1. The monoisotopic (exact) mass is 293 g/mol. The molecule has 1 heterocycles. The van der Waals surface area contributed by atoms with E-state index in [2.05, 4.69) is 10.3 Å². The molecule has 0 unspecified atom stereocenters. The van der Waals surface area contributed by atoms with Gasteiger partial charge in [-0.1, -0.05) is 26.2 Å². The molecule has 1 fully saturated rings. The molecule has 0 aliphatic heterocycles. The molecule has 0 aromatic carbocycles. The molecule has 1 aromatic rings. The lowest BCUT2D eigenvalue weighted by Gasteiger charge is -2.33. The van der Waals surface area contributed by atoms with E-state index in [-0.39, 0.29) is 17.9 Å². The Morgan fingerprint density at radius 3 is 2.76 bits per heavy atom. The second kappa shape index (κ2) is 6.74. The fraction of sp³-hybridized carbons (Fsp3) is 0.667. The molecule has 0 radical (unpaired) electrons. The number of rotatable bonds is 6. The predicted octanol–water partition coefficient (Wildman–Crippen LogP) is 2.10. The Labute approximate surface area is 124 Å². The third-order valence-corrected chi connectivity index (χ3v) is 4.24. The molecule has 1 aromatic heterocycles. The highest BCUT2D eigenvalue weighted by molar-refractivity contribution is 5.75. The van der Waals surface area contributed by atoms with Crippen molar-refractivity contribution in [2.75, 3.05) is 11.9 Å². The highest BCUT2D eigenvalue weighted by Crippen LogP contribution is 2.36. The van der Waals surface area contributed by atoms with Crippen molar-refractivity contribution in [2.45, 2.75) is 52.0 Å². The number of anilines is 1. The molecule has 1 aliphatic carbocycles. The Balaban J connectivity index is 2.13. The zero-order chi connectivity index (χ0) is 15.3. The van der Waals surface area contributed by atoms with Gasteiger partial charge < -0.3 is 15.0 Å². The molecule has 1 saturated carbocycles. The van der Waals surface area contributed by atoms with Crippen LogP contribution in [0.1, 0.15) is 45.4 Å². The first-order chi connectivity index (χ1) is 10.1. The molecule has 6 nitrogen and oxygen atoms in total. The summed E-state index contributed by atoms with van der Waals surface area (Å²) in [6.45, 7) is 2.90. The molecule has 6 heteroatoms. The summed E-state index contributed by atoms with van der Waals surface area (Å²) in [7, 11) is 0. The molecular formula is C15H23N3O3. The summed E-state index contributed by atoms with van der Waals surface area (Å²) in [6, 6.07) is 0. The predicted molar refractivity (Wildman–Crippen MR) is 80.4 cm³/mol. The van der Waals surface area contributed by atoms with E-state index < -0.39 is 11.4 Å². The minimum Gasteiger partial charge on any atom is -0.481 e. The first-order valence-electron chi connectivity index (χ1n) is 7.62. The average molecular weight is 293 g/mol. The number of nitrogens with one attached hydrogen (secondary N) is 1. The summed E-state index contributed by atoms with van der Waals surface area (Å²) in [5.41, 5.74) is -0.951. The van der Waals surface area contributed by atoms with Crippen molar-refractivity contribution in [3.05, 3.63) is 22.7 Å². The van der Waals surface area contributed by atoms with Crippen LogP contribution in [0.4, 0.5) is 5.82 Å². The Hall–Kier alpha value is -1.85. The maximum absolute atomic E-state index is 12.2. The second-order valence-electron chi connectivity index (χ2n) is 5.77. The Morgan fingerprint density at radius 1 is 1.43 bits per heavy atom. The topological polar surface area (TPSA) is 84.2 Å². The quantitative estimate of drug-likeness (QED) is 0.839. The Bertz CT molecular complexity index is 547. The maximum atomic E-state index is 12.2. The van der Waals surface area contributed by atoms with Crippen LogP contribution in [0.25, 0.3) is 0 Å². The van der Waals surface area contributed by atoms with Crippen molar-refractivity contribution in [1.29, 1.82) is 0 Å². The number of nitrogens with zero attached hydrogens (tertiary/aromatic N) is 2. The standard InChI is InChI=1S/C15H23N3O3/c1-2-9-18-10-8-16-12(13(18)19)17-11-15(14(20)21)6-4-3-5-7-15/h8,10H,2-7,9,11H2,1H3,(H,16,17)(H,20,21). The number of carbonyl (C=O) groups is 1. The van der Waals surface area contributed by atoms with E-state index >= 15 is 0 Å². The van der Waals surface area contributed by atoms with Crippen molar-refractivity contribution in [3.63, 3.8) is 0 Å². The third kappa shape index (κ3) is 3.43. The molecule has 21 heavy (non-hydrogen) atoms. The fourth-order valence-corrected chi connectivity index (χ4v) is 2.93. The Kier molecular flexibility index (Phi) is 4.98. The van der Waals surface area contributed by atoms with E-state index in [0.717, 1.165) is 25.7 Å². The number of aryl methyl sites for hydroxylation is 1. The molecule has 0 saturated heterocycles. The molecule has 2 rings (SSSR count). The zero-order valence-corrected chi connectivity index (χ0v) is 12.5. The van der Waals surface area contributed by atoms with Gasteiger partial charge in [-0.25, -0.2) is 4.98 Å². The van der Waals surface area contributed by atoms with Crippen molar-refractivity contribution in [1.82, 2.24) is 9.55 Å². The number of hydrogen-bond acceptors (Lipinski definition) is 4. The van der Waals surface area contributed by atoms with E-state index in [4.69, 9.17) is 0 Å². The van der Waals surface area contributed by atoms with E-state index in [0.29, 0.717) is 19.4 Å². The lowest BCUT2D eigenvalue weighted by atomic mass is 9.74. The first kappa shape index (κ1) is 15.5. The van der Waals surface area contributed by atoms with E-state index in [9.17, 15) is 14.7 Å². The number of carboxylic acid groups (broad SMARTS) is 1. The third-order valence-electron chi connectivity index (χ3n) is 4.24. The molecule has 0 bridgehead atoms. The van der Waals surface area contributed by atoms with Crippen LogP contribution in [0.15, 0.2) is 17.2 Å². The van der Waals surface area contributed by atoms with Gasteiger partial charge in [-0.3, -0.25) is 9.59 Å². The molecule has 1 aliphatic rings. The largest absolute Gasteiger partial charge is 0.481 e. The van der Waals surface area contributed by atoms with Crippen LogP contribution in [-0.4, -0.2) is 27.2 Å². The molecule has 116 valence electrons. The smallest absolute Gasteiger partial charge is 0.311 e. The number of carboxylic acids is 1. The molecule has 0 spiro atoms. The highest BCUT2D eigenvalue weighted by atomic mass is 16.4. The molecule has 2 N–H and O–H groups in total. The molecular weight excluding hydrogens is 270 g/mol. The Morgan fingerprint density at radius 2 is 2.14 bits per heavy atom. The van der Waals surface area contributed by atoms with Gasteiger partial charge in [0.2, 0.25) is 0 Å². The van der Waals surface area contributed by atoms with Crippen LogP contribution in [0.2, 0.25) is 0 Å². The lowest BCUT2D eigenvalue weighted by Crippen LogP contribution is -2.40. The summed E-state index contributed by atoms with van der Waals surface area (Å²) in [5, 5.41) is 12.5. The van der Waals surface area contributed by atoms with Gasteiger partial charge in [0.25, 0.3) is 5.56 Å². The fourth-order valence-electron chi connectivity index (χ4n) is 2.93. The average Bonchev–Trinajstić information content (AvgIpc) is 2.49. The van der Waals surface area contributed by atoms with Gasteiger partial charge >= 0.3 is 5.97 Å². The maximum Gasteiger partial charge on any atom is 0.311 e. The minimum absolute atomic E-state index is 0.185. The van der Waals surface area contributed by atoms with Gasteiger partial charge in [-0.2, -0.15) is 0 Å². The summed E-state index contributed by atoms with van der Waals surface area (Å²) in [4.78, 5) is 27.9. The lowest BCUT2D eigenvalue weighted by molar-refractivity contribution is -0.150. The van der Waals surface area contributed by atoms with Crippen LogP contribution in [-0.2, 0) is 11.3 Å². The summed E-state index contributed by atoms with van der Waals surface area (Å²) >= 11 is 0. The van der Waals surface area contributed by atoms with Gasteiger partial charge in [0.05, 0.1) is 5.41 Å². The van der Waals surface area contributed by atoms with Gasteiger partial charge in [0.1, 0.15) is 0 Å². The van der Waals surface area contributed by atoms with Gasteiger partial charge in [-0.15, -0.1) is 0 Å². The van der Waals surface area contributed by atoms with E-state index in [1.807, 2.05) is 6.92 Å². The SMILES string of the molecule is CCCn1ccnc(NCC2(C(=O)O)CCCCC2)c1=O. The van der Waals surface area contributed by atoms with Gasteiger partial charge in [0.15, 0.2) is 5.82 Å². The van der Waals surface area contributed by atoms with Gasteiger partial charge in [-0.05, 0) is 19.3 Å². The second-order valence-corrected chi connectivity index (χ2v) is 5.77. The van der Waals surface area contributed by atoms with Crippen molar-refractivity contribution in [2.24, 2.45) is 5.41 Å². The van der Waals surface area contributed by atoms with Crippen LogP contribution in [0.5, 0.6) is 0 Å². The summed E-state index contributed by atoms with van der Waals surface area (Å²) < 4.78 is 1.60. The van der Waals surface area contributed by atoms with Crippen LogP contribution in [0, 0.1) is 5.41 Å². The van der Waals surface area contributed by atoms with Crippen molar-refractivity contribution >= 4 is 11.8 Å². The summed E-state index contributed by atoms with van der Waals surface area (Å²) in [5.74, 6) is -0.531. The van der Waals surface area contributed by atoms with E-state index in [1.165, 1.54) is 0 Å². The highest BCUT2D eigenvalue weighted by Gasteiger charge is 2.39. The zero-order valence-electron chi connectivity index (χ0n) is 12.5.